The molecule has 1 aromatic heterocycles. The molecule has 0 aliphatic heterocycles. The highest BCUT2D eigenvalue weighted by Gasteiger charge is 2.13. The molecule has 0 saturated heterocycles. The van der Waals surface area contributed by atoms with E-state index in [0.717, 1.165) is 0 Å². The van der Waals surface area contributed by atoms with Crippen LogP contribution in [0.4, 0.5) is 5.69 Å². The van der Waals surface area contributed by atoms with Gasteiger partial charge in [0, 0.05) is 5.56 Å². The Hall–Kier alpha value is -1.42. The Morgan fingerprint density at radius 1 is 1.00 bits per heavy atom. The van der Waals surface area contributed by atoms with Crippen molar-refractivity contribution >= 4 is 51.6 Å². The van der Waals surface area contributed by atoms with Crippen LogP contribution < -0.4 is 5.73 Å². The number of fused-ring (bicyclic) bond motifs is 1. The minimum absolute atomic E-state index is 0.334. The van der Waals surface area contributed by atoms with Gasteiger partial charge in [-0.25, -0.2) is 4.98 Å². The van der Waals surface area contributed by atoms with Crippen molar-refractivity contribution < 1.29 is 4.42 Å². The number of hydrogen-bond acceptors (Lipinski definition) is 3. The zero-order valence-corrected chi connectivity index (χ0v) is 11.7. The molecule has 0 fully saturated rings. The van der Waals surface area contributed by atoms with Gasteiger partial charge in [-0.05, 0) is 24.3 Å². The summed E-state index contributed by atoms with van der Waals surface area (Å²) in [5, 5.41) is 1.22. The van der Waals surface area contributed by atoms with Crippen molar-refractivity contribution in [2.24, 2.45) is 0 Å². The fraction of sp³-hybridized carbons (Fsp3) is 0. The standard InChI is InChI=1S/C13H7Cl3N2O/c14-7-2-1-3-10-12(7)19-13(18-10)6-4-8(15)11(17)9(16)5-6/h1-5H,17H2. The molecule has 19 heavy (non-hydrogen) atoms. The normalized spacial score (nSPS) is 11.1. The van der Waals surface area contributed by atoms with Gasteiger partial charge in [0.25, 0.3) is 0 Å². The molecule has 3 rings (SSSR count). The average molecular weight is 314 g/mol. The van der Waals surface area contributed by atoms with Crippen molar-refractivity contribution in [3.8, 4) is 11.5 Å². The van der Waals surface area contributed by atoms with Crippen molar-refractivity contribution in [2.75, 3.05) is 5.73 Å². The summed E-state index contributed by atoms with van der Waals surface area (Å²) in [5.74, 6) is 0.395. The molecule has 6 heteroatoms. The summed E-state index contributed by atoms with van der Waals surface area (Å²) >= 11 is 18.0. The van der Waals surface area contributed by atoms with Crippen LogP contribution in [-0.4, -0.2) is 4.98 Å². The maximum Gasteiger partial charge on any atom is 0.227 e. The van der Waals surface area contributed by atoms with Crippen LogP contribution in [0, 0.1) is 0 Å². The van der Waals surface area contributed by atoms with Crippen molar-refractivity contribution in [3.05, 3.63) is 45.4 Å². The number of para-hydroxylation sites is 1. The van der Waals surface area contributed by atoms with Gasteiger partial charge in [0.1, 0.15) is 5.52 Å². The van der Waals surface area contributed by atoms with E-state index in [9.17, 15) is 0 Å². The quantitative estimate of drug-likeness (QED) is 0.640. The Balaban J connectivity index is 2.22. The largest absolute Gasteiger partial charge is 0.435 e. The molecule has 1 heterocycles. The zero-order chi connectivity index (χ0) is 13.6. The maximum absolute atomic E-state index is 6.04. The van der Waals surface area contributed by atoms with Gasteiger partial charge in [0.2, 0.25) is 5.89 Å². The Kier molecular flexibility index (Phi) is 3.05. The molecule has 2 aromatic carbocycles. The third-order valence-electron chi connectivity index (χ3n) is 2.69. The van der Waals surface area contributed by atoms with Crippen LogP contribution in [0.25, 0.3) is 22.6 Å². The van der Waals surface area contributed by atoms with Crippen LogP contribution in [-0.2, 0) is 0 Å². The molecular weight excluding hydrogens is 307 g/mol. The number of aromatic nitrogens is 1. The van der Waals surface area contributed by atoms with Gasteiger partial charge in [-0.15, -0.1) is 0 Å². The molecule has 0 atom stereocenters. The van der Waals surface area contributed by atoms with Crippen molar-refractivity contribution in [2.45, 2.75) is 0 Å². The van der Waals surface area contributed by atoms with E-state index in [1.54, 1.807) is 24.3 Å². The van der Waals surface area contributed by atoms with Crippen molar-refractivity contribution in [1.29, 1.82) is 0 Å². The number of anilines is 1. The molecule has 3 nitrogen and oxygen atoms in total. The maximum atomic E-state index is 6.04. The predicted molar refractivity (Wildman–Crippen MR) is 78.9 cm³/mol. The number of benzene rings is 2. The number of nitrogens with two attached hydrogens (primary N) is 1. The highest BCUT2D eigenvalue weighted by molar-refractivity contribution is 6.39. The first-order chi connectivity index (χ1) is 9.06. The van der Waals surface area contributed by atoms with Gasteiger partial charge in [-0.1, -0.05) is 40.9 Å². The van der Waals surface area contributed by atoms with Crippen LogP contribution in [0.5, 0.6) is 0 Å². The topological polar surface area (TPSA) is 52.0 Å². The molecule has 0 unspecified atom stereocenters. The van der Waals surface area contributed by atoms with Crippen LogP contribution in [0.3, 0.4) is 0 Å². The summed E-state index contributed by atoms with van der Waals surface area (Å²) in [6, 6.07) is 8.67. The molecule has 0 aliphatic carbocycles. The minimum Gasteiger partial charge on any atom is -0.435 e. The molecular formula is C13H7Cl3N2O. The first kappa shape index (κ1) is 12.6. The lowest BCUT2D eigenvalue weighted by molar-refractivity contribution is 0.620. The van der Waals surface area contributed by atoms with E-state index in [-0.39, 0.29) is 0 Å². The lowest BCUT2D eigenvalue weighted by Crippen LogP contribution is -1.89. The SMILES string of the molecule is Nc1c(Cl)cc(-c2nc3cccc(Cl)c3o2)cc1Cl. The summed E-state index contributed by atoms with van der Waals surface area (Å²) in [4.78, 5) is 4.35. The monoisotopic (exact) mass is 312 g/mol. The Bertz CT molecular complexity index is 760. The van der Waals surface area contributed by atoms with E-state index < -0.39 is 0 Å². The molecule has 0 amide bonds. The molecule has 0 bridgehead atoms. The number of oxazole rings is 1. The van der Waals surface area contributed by atoms with Crippen LogP contribution in [0.2, 0.25) is 15.1 Å². The van der Waals surface area contributed by atoms with E-state index in [1.165, 1.54) is 0 Å². The Labute approximate surface area is 123 Å². The Morgan fingerprint density at radius 2 is 1.68 bits per heavy atom. The van der Waals surface area contributed by atoms with E-state index in [1.807, 2.05) is 6.07 Å². The van der Waals surface area contributed by atoms with Crippen LogP contribution >= 0.6 is 34.8 Å². The number of nitrogens with zero attached hydrogens (tertiary/aromatic N) is 1. The third-order valence-corrected chi connectivity index (χ3v) is 3.62. The van der Waals surface area contributed by atoms with Crippen molar-refractivity contribution in [1.82, 2.24) is 4.98 Å². The van der Waals surface area contributed by atoms with E-state index in [4.69, 9.17) is 45.0 Å². The summed E-state index contributed by atoms with van der Waals surface area (Å²) < 4.78 is 5.63. The molecule has 3 aromatic rings. The summed E-state index contributed by atoms with van der Waals surface area (Å²) in [5.41, 5.74) is 7.88. The molecule has 0 spiro atoms. The van der Waals surface area contributed by atoms with Gasteiger partial charge in [0.05, 0.1) is 20.8 Å². The third kappa shape index (κ3) is 2.14. The molecule has 2 N–H and O–H groups in total. The number of hydrogen-bond donors (Lipinski definition) is 1. The molecule has 0 radical (unpaired) electrons. The van der Waals surface area contributed by atoms with Crippen molar-refractivity contribution in [3.63, 3.8) is 0 Å². The minimum atomic E-state index is 0.334. The Morgan fingerprint density at radius 3 is 2.32 bits per heavy atom. The predicted octanol–water partition coefficient (Wildman–Crippen LogP) is 5.04. The summed E-state index contributed by atoms with van der Waals surface area (Å²) in [7, 11) is 0. The van der Waals surface area contributed by atoms with Gasteiger partial charge in [-0.3, -0.25) is 0 Å². The lowest BCUT2D eigenvalue weighted by Gasteiger charge is -2.03. The lowest BCUT2D eigenvalue weighted by atomic mass is 10.2. The second-order valence-corrected chi connectivity index (χ2v) is 5.18. The van der Waals surface area contributed by atoms with Gasteiger partial charge in [0.15, 0.2) is 5.58 Å². The molecule has 0 aliphatic rings. The second-order valence-electron chi connectivity index (χ2n) is 3.96. The van der Waals surface area contributed by atoms with Crippen LogP contribution in [0.1, 0.15) is 0 Å². The van der Waals surface area contributed by atoms with E-state index >= 15 is 0 Å². The zero-order valence-electron chi connectivity index (χ0n) is 9.45. The summed E-state index contributed by atoms with van der Waals surface area (Å²) in [6.07, 6.45) is 0. The fourth-order valence-electron chi connectivity index (χ4n) is 1.75. The van der Waals surface area contributed by atoms with Gasteiger partial charge >= 0.3 is 0 Å². The smallest absolute Gasteiger partial charge is 0.227 e. The van der Waals surface area contributed by atoms with E-state index in [2.05, 4.69) is 4.98 Å². The number of nitrogen functional groups attached to an aromatic ring is 1. The summed E-state index contributed by atoms with van der Waals surface area (Å²) in [6.45, 7) is 0. The van der Waals surface area contributed by atoms with Gasteiger partial charge < -0.3 is 10.2 Å². The second kappa shape index (κ2) is 4.60. The van der Waals surface area contributed by atoms with E-state index in [0.29, 0.717) is 43.3 Å². The molecule has 96 valence electrons. The van der Waals surface area contributed by atoms with Crippen LogP contribution in [0.15, 0.2) is 34.7 Å². The first-order valence-corrected chi connectivity index (χ1v) is 6.49. The highest BCUT2D eigenvalue weighted by Crippen LogP contribution is 2.35. The number of rotatable bonds is 1. The fourth-order valence-corrected chi connectivity index (χ4v) is 2.44. The highest BCUT2D eigenvalue weighted by atomic mass is 35.5. The number of halogens is 3. The average Bonchev–Trinajstić information content (AvgIpc) is 2.81. The first-order valence-electron chi connectivity index (χ1n) is 5.36. The van der Waals surface area contributed by atoms with Gasteiger partial charge in [-0.2, -0.15) is 0 Å². The molecule has 0 saturated carbocycles.